The molecule has 184 valence electrons. The topological polar surface area (TPSA) is 114 Å². The Labute approximate surface area is 204 Å². The second-order valence-electron chi connectivity index (χ2n) is 8.48. The number of nitrogens with one attached hydrogen (secondary N) is 3. The van der Waals surface area contributed by atoms with E-state index in [1.165, 1.54) is 0 Å². The fourth-order valence-corrected chi connectivity index (χ4v) is 4.21. The van der Waals surface area contributed by atoms with Crippen LogP contribution in [-0.4, -0.2) is 46.0 Å². The molecule has 1 aromatic carbocycles. The lowest BCUT2D eigenvalue weighted by Crippen LogP contribution is -2.36. The lowest BCUT2D eigenvalue weighted by molar-refractivity contribution is -0.126. The van der Waals surface area contributed by atoms with Gasteiger partial charge >= 0.3 is 0 Å². The van der Waals surface area contributed by atoms with Crippen molar-refractivity contribution in [2.45, 2.75) is 44.9 Å². The minimum Gasteiger partial charge on any atom is -0.497 e. The monoisotopic (exact) mass is 479 g/mol. The molecule has 3 aromatic rings. The molecule has 1 fully saturated rings. The maximum atomic E-state index is 13.4. The number of hydrogen-bond acceptors (Lipinski definition) is 8. The number of alkyl halides is 1. The molecule has 0 saturated heterocycles. The number of amides is 1. The first-order valence-corrected chi connectivity index (χ1v) is 11.7. The number of nitrogens with zero attached hydrogens (tertiary/aromatic N) is 4. The Morgan fingerprint density at radius 2 is 1.89 bits per heavy atom. The van der Waals surface area contributed by atoms with Crippen molar-refractivity contribution < 1.29 is 13.9 Å². The Hall–Kier alpha value is -3.82. The number of methoxy groups -OCH3 is 1. The predicted octanol–water partition coefficient (Wildman–Crippen LogP) is 3.74. The molecule has 2 heterocycles. The van der Waals surface area contributed by atoms with Crippen LogP contribution in [0, 0.1) is 5.92 Å². The molecule has 9 nitrogen and oxygen atoms in total. The molecule has 0 bridgehead atoms. The van der Waals surface area contributed by atoms with E-state index in [0.717, 1.165) is 36.8 Å². The highest BCUT2D eigenvalue weighted by molar-refractivity contribution is 5.78. The van der Waals surface area contributed by atoms with Gasteiger partial charge in [0.25, 0.3) is 0 Å². The zero-order valence-electron chi connectivity index (χ0n) is 19.9. The lowest BCUT2D eigenvalue weighted by Gasteiger charge is -2.28. The summed E-state index contributed by atoms with van der Waals surface area (Å²) in [5.41, 5.74) is 2.10. The number of anilines is 2. The van der Waals surface area contributed by atoms with Crippen LogP contribution in [0.2, 0.25) is 0 Å². The fraction of sp³-hybridized carbons (Fsp3) is 0.400. The third-order valence-corrected chi connectivity index (χ3v) is 6.22. The predicted molar refractivity (Wildman–Crippen MR) is 132 cm³/mol. The molecule has 3 N–H and O–H groups in total. The highest BCUT2D eigenvalue weighted by Crippen LogP contribution is 2.27. The van der Waals surface area contributed by atoms with Crippen molar-refractivity contribution in [3.8, 4) is 17.1 Å². The molecule has 1 aliphatic carbocycles. The maximum Gasteiger partial charge on any atom is 0.228 e. The number of aromatic nitrogens is 4. The van der Waals surface area contributed by atoms with Gasteiger partial charge in [-0.1, -0.05) is 6.07 Å². The van der Waals surface area contributed by atoms with E-state index in [2.05, 4.69) is 35.9 Å². The van der Waals surface area contributed by atoms with Gasteiger partial charge in [-0.3, -0.25) is 9.78 Å². The first-order chi connectivity index (χ1) is 17.1. The van der Waals surface area contributed by atoms with Crippen molar-refractivity contribution in [2.24, 2.45) is 5.92 Å². The van der Waals surface area contributed by atoms with E-state index >= 15 is 0 Å². The molecule has 10 heteroatoms. The average Bonchev–Trinajstić information content (AvgIpc) is 2.92. The van der Waals surface area contributed by atoms with Gasteiger partial charge in [-0.15, -0.1) is 0 Å². The smallest absolute Gasteiger partial charge is 0.228 e. The van der Waals surface area contributed by atoms with Gasteiger partial charge < -0.3 is 20.7 Å². The molecule has 1 saturated carbocycles. The van der Waals surface area contributed by atoms with E-state index in [-0.39, 0.29) is 17.9 Å². The number of hydrogen-bond donors (Lipinski definition) is 3. The van der Waals surface area contributed by atoms with E-state index in [1.54, 1.807) is 44.8 Å². The number of ether oxygens (including phenoxy) is 1. The molecule has 0 unspecified atom stereocenters. The highest BCUT2D eigenvalue weighted by atomic mass is 19.1. The molecular formula is C25H30FN7O2. The van der Waals surface area contributed by atoms with Crippen LogP contribution in [0.4, 0.5) is 16.3 Å². The van der Waals surface area contributed by atoms with Gasteiger partial charge in [0, 0.05) is 43.5 Å². The van der Waals surface area contributed by atoms with Gasteiger partial charge in [0.05, 0.1) is 7.11 Å². The summed E-state index contributed by atoms with van der Waals surface area (Å²) in [7, 11) is 3.31. The molecule has 35 heavy (non-hydrogen) atoms. The summed E-state index contributed by atoms with van der Waals surface area (Å²) in [4.78, 5) is 30.3. The summed E-state index contributed by atoms with van der Waals surface area (Å²) in [5, 5.41) is 9.35. The van der Waals surface area contributed by atoms with Gasteiger partial charge in [-0.25, -0.2) is 4.39 Å². The number of carbonyl (C=O) groups excluding carboxylic acids is 1. The number of carbonyl (C=O) groups is 1. The van der Waals surface area contributed by atoms with Gasteiger partial charge in [-0.2, -0.15) is 15.0 Å². The van der Waals surface area contributed by atoms with E-state index in [1.807, 2.05) is 12.1 Å². The summed E-state index contributed by atoms with van der Waals surface area (Å²) < 4.78 is 18.5. The summed E-state index contributed by atoms with van der Waals surface area (Å²) >= 11 is 0. The van der Waals surface area contributed by atoms with Gasteiger partial charge in [0.2, 0.25) is 17.8 Å². The van der Waals surface area contributed by atoms with Crippen LogP contribution < -0.4 is 20.7 Å². The molecule has 0 spiro atoms. The second-order valence-corrected chi connectivity index (χ2v) is 8.48. The fourth-order valence-electron chi connectivity index (χ4n) is 4.21. The highest BCUT2D eigenvalue weighted by Gasteiger charge is 2.27. The van der Waals surface area contributed by atoms with E-state index in [9.17, 15) is 9.18 Å². The third-order valence-electron chi connectivity index (χ3n) is 6.22. The summed E-state index contributed by atoms with van der Waals surface area (Å²) in [5.74, 6) is 2.04. The van der Waals surface area contributed by atoms with Crippen molar-refractivity contribution in [1.82, 2.24) is 25.3 Å². The second kappa shape index (κ2) is 11.5. The van der Waals surface area contributed by atoms with Crippen molar-refractivity contribution in [1.29, 1.82) is 0 Å². The largest absolute Gasteiger partial charge is 0.497 e. The molecule has 1 aliphatic rings. The zero-order chi connectivity index (χ0) is 24.6. The first-order valence-electron chi connectivity index (χ1n) is 11.7. The summed E-state index contributed by atoms with van der Waals surface area (Å²) in [6, 6.07) is 9.13. The van der Waals surface area contributed by atoms with Crippen LogP contribution in [0.1, 0.15) is 36.8 Å². The van der Waals surface area contributed by atoms with Crippen LogP contribution in [0.15, 0.2) is 42.7 Å². The number of pyridine rings is 1. The van der Waals surface area contributed by atoms with Crippen LogP contribution in [0.3, 0.4) is 0 Å². The van der Waals surface area contributed by atoms with Gasteiger partial charge in [0.1, 0.15) is 12.4 Å². The molecule has 4 rings (SSSR count). The van der Waals surface area contributed by atoms with Crippen LogP contribution >= 0.6 is 0 Å². The van der Waals surface area contributed by atoms with Crippen molar-refractivity contribution in [2.75, 3.05) is 24.8 Å². The molecule has 1 amide bonds. The Morgan fingerprint density at radius 3 is 2.57 bits per heavy atom. The lowest BCUT2D eigenvalue weighted by atomic mass is 9.85. The van der Waals surface area contributed by atoms with Crippen LogP contribution in [-0.2, 0) is 18.0 Å². The standard InChI is InChI=1S/C25H30FN7O2/c1-27-24-31-22(18-4-3-11-28-14-18)32-25(33-24)30-20-8-5-16(6-9-20)23(34)29-15-17-7-10-21(35-2)12-19(17)13-26/h3-4,7,10-12,14,16,20H,5-6,8-9,13,15H2,1-2H3,(H,29,34)(H2,27,30,31,32,33)/t16-,20+. The normalized spacial score (nSPS) is 17.5. The first kappa shape index (κ1) is 24.3. The number of halogens is 1. The van der Waals surface area contributed by atoms with Crippen LogP contribution in [0.25, 0.3) is 11.4 Å². The van der Waals surface area contributed by atoms with Gasteiger partial charge in [0.15, 0.2) is 5.82 Å². The minimum absolute atomic E-state index is 0.000528. The zero-order valence-corrected chi connectivity index (χ0v) is 19.9. The Bertz CT molecular complexity index is 1140. The van der Waals surface area contributed by atoms with E-state index in [0.29, 0.717) is 35.6 Å². The Kier molecular flexibility index (Phi) is 8.02. The van der Waals surface area contributed by atoms with Crippen LogP contribution in [0.5, 0.6) is 5.75 Å². The van der Waals surface area contributed by atoms with Crippen molar-refractivity contribution in [3.05, 3.63) is 53.9 Å². The molecule has 0 aliphatic heterocycles. The van der Waals surface area contributed by atoms with Crippen molar-refractivity contribution >= 4 is 17.8 Å². The minimum atomic E-state index is -0.603. The average molecular weight is 480 g/mol. The van der Waals surface area contributed by atoms with E-state index in [4.69, 9.17) is 4.74 Å². The molecule has 0 radical (unpaired) electrons. The maximum absolute atomic E-state index is 13.4. The quantitative estimate of drug-likeness (QED) is 0.425. The SMILES string of the molecule is CNc1nc(N[C@H]2CC[C@@H](C(=O)NCc3ccc(OC)cc3CF)CC2)nc(-c2cccnc2)n1. The number of rotatable bonds is 9. The Morgan fingerprint density at radius 1 is 1.09 bits per heavy atom. The summed E-state index contributed by atoms with van der Waals surface area (Å²) in [6.45, 7) is -0.303. The van der Waals surface area contributed by atoms with Crippen molar-refractivity contribution in [3.63, 3.8) is 0 Å². The molecule has 2 aromatic heterocycles. The molecular weight excluding hydrogens is 449 g/mol. The number of benzene rings is 1. The Balaban J connectivity index is 1.32. The van der Waals surface area contributed by atoms with E-state index < -0.39 is 6.67 Å². The van der Waals surface area contributed by atoms with Gasteiger partial charge in [-0.05, 0) is 61.1 Å². The third kappa shape index (κ3) is 6.20. The summed E-state index contributed by atoms with van der Waals surface area (Å²) in [6.07, 6.45) is 6.56. The molecule has 0 atom stereocenters.